The molecular weight excluding hydrogens is 86.1 g/mol. The van der Waals surface area contributed by atoms with Crippen LogP contribution in [0.25, 0.3) is 0 Å². The summed E-state index contributed by atoms with van der Waals surface area (Å²) >= 11 is 0. The molecule has 0 radical (unpaired) electrons. The van der Waals surface area contributed by atoms with Gasteiger partial charge in [-0.3, -0.25) is 0 Å². The molecule has 36 valence electrons. The molecule has 0 aromatic rings. The quantitative estimate of drug-likeness (QED) is 0.450. The van der Waals surface area contributed by atoms with Crippen molar-refractivity contribution in [2.45, 2.75) is 6.92 Å². The molecule has 0 aromatic heterocycles. The Kier molecular flexibility index (Phi) is 2.76. The molecule has 0 saturated carbocycles. The van der Waals surface area contributed by atoms with Gasteiger partial charge in [0.1, 0.15) is 0 Å². The van der Waals surface area contributed by atoms with Crippen molar-refractivity contribution in [3.63, 3.8) is 0 Å². The van der Waals surface area contributed by atoms with E-state index in [4.69, 9.17) is 5.26 Å². The van der Waals surface area contributed by atoms with Gasteiger partial charge in [0.25, 0.3) is 0 Å². The SMILES string of the molecule is C=C=CC(C)C#N. The summed E-state index contributed by atoms with van der Waals surface area (Å²) in [7, 11) is 0. The van der Waals surface area contributed by atoms with Crippen LogP contribution in [0.1, 0.15) is 6.92 Å². The molecule has 1 heteroatoms. The van der Waals surface area contributed by atoms with Gasteiger partial charge in [0.05, 0.1) is 12.0 Å². The Labute approximate surface area is 43.6 Å². The van der Waals surface area contributed by atoms with E-state index in [9.17, 15) is 0 Å². The number of hydrogen-bond donors (Lipinski definition) is 0. The summed E-state index contributed by atoms with van der Waals surface area (Å²) in [5, 5.41) is 8.12. The van der Waals surface area contributed by atoms with Crippen LogP contribution >= 0.6 is 0 Å². The van der Waals surface area contributed by atoms with Crippen LogP contribution in [-0.2, 0) is 0 Å². The van der Waals surface area contributed by atoms with E-state index in [0.29, 0.717) is 0 Å². The number of rotatable bonds is 1. The van der Waals surface area contributed by atoms with Crippen LogP contribution in [0, 0.1) is 17.2 Å². The molecule has 0 aromatic carbocycles. The van der Waals surface area contributed by atoms with Gasteiger partial charge in [-0.05, 0) is 13.0 Å². The summed E-state index contributed by atoms with van der Waals surface area (Å²) in [5.41, 5.74) is 2.52. The second kappa shape index (κ2) is 3.21. The van der Waals surface area contributed by atoms with Gasteiger partial charge in [0.2, 0.25) is 0 Å². The van der Waals surface area contributed by atoms with Gasteiger partial charge in [0.15, 0.2) is 0 Å². The van der Waals surface area contributed by atoms with Crippen molar-refractivity contribution in [3.8, 4) is 6.07 Å². The van der Waals surface area contributed by atoms with Crippen molar-refractivity contribution >= 4 is 0 Å². The Hall–Kier alpha value is -0.990. The summed E-state index contributed by atoms with van der Waals surface area (Å²) in [4.78, 5) is 0. The number of nitriles is 1. The first-order valence-corrected chi connectivity index (χ1v) is 2.07. The van der Waals surface area contributed by atoms with Crippen LogP contribution in [0.4, 0.5) is 0 Å². The molecule has 7 heavy (non-hydrogen) atoms. The highest BCUT2D eigenvalue weighted by Crippen LogP contribution is 1.89. The third kappa shape index (κ3) is 2.82. The minimum Gasteiger partial charge on any atom is -0.198 e. The van der Waals surface area contributed by atoms with Crippen LogP contribution < -0.4 is 0 Å². The number of hydrogen-bond acceptors (Lipinski definition) is 1. The van der Waals surface area contributed by atoms with Crippen LogP contribution in [-0.4, -0.2) is 0 Å². The molecule has 0 fully saturated rings. The third-order valence-electron chi connectivity index (χ3n) is 0.571. The molecule has 1 unspecified atom stereocenters. The first-order chi connectivity index (χ1) is 3.31. The fraction of sp³-hybridized carbons (Fsp3) is 0.333. The largest absolute Gasteiger partial charge is 0.198 e. The smallest absolute Gasteiger partial charge is 0.0701 e. The third-order valence-corrected chi connectivity index (χ3v) is 0.571. The van der Waals surface area contributed by atoms with E-state index in [1.54, 1.807) is 13.0 Å². The average Bonchev–Trinajstić information content (AvgIpc) is 1.68. The van der Waals surface area contributed by atoms with Gasteiger partial charge < -0.3 is 0 Å². The molecule has 0 spiro atoms. The van der Waals surface area contributed by atoms with E-state index in [1.807, 2.05) is 6.07 Å². The van der Waals surface area contributed by atoms with E-state index >= 15 is 0 Å². The lowest BCUT2D eigenvalue weighted by Crippen LogP contribution is -1.77. The van der Waals surface area contributed by atoms with Crippen LogP contribution in [0.5, 0.6) is 0 Å². The average molecular weight is 93.1 g/mol. The Morgan fingerprint density at radius 2 is 2.43 bits per heavy atom. The Bertz CT molecular complexity index is 124. The molecule has 0 heterocycles. The summed E-state index contributed by atoms with van der Waals surface area (Å²) in [6.07, 6.45) is 1.62. The topological polar surface area (TPSA) is 23.8 Å². The molecule has 0 amide bonds. The maximum absolute atomic E-state index is 8.12. The first kappa shape index (κ1) is 6.01. The summed E-state index contributed by atoms with van der Waals surface area (Å²) in [6, 6.07) is 2.01. The molecule has 1 nitrogen and oxygen atoms in total. The van der Waals surface area contributed by atoms with Crippen LogP contribution in [0.15, 0.2) is 18.4 Å². The summed E-state index contributed by atoms with van der Waals surface area (Å²) in [5.74, 6) is -0.0440. The summed E-state index contributed by atoms with van der Waals surface area (Å²) < 4.78 is 0. The minimum atomic E-state index is -0.0440. The van der Waals surface area contributed by atoms with Crippen molar-refractivity contribution < 1.29 is 0 Å². The molecule has 0 rings (SSSR count). The van der Waals surface area contributed by atoms with E-state index in [0.717, 1.165) is 0 Å². The number of allylic oxidation sites excluding steroid dienone is 1. The van der Waals surface area contributed by atoms with Crippen molar-refractivity contribution in [2.24, 2.45) is 5.92 Å². The lowest BCUT2D eigenvalue weighted by Gasteiger charge is -1.80. The predicted molar refractivity (Wildman–Crippen MR) is 28.5 cm³/mol. The van der Waals surface area contributed by atoms with Gasteiger partial charge >= 0.3 is 0 Å². The molecule has 0 aliphatic carbocycles. The molecule has 1 atom stereocenters. The molecular formula is C6H7N. The van der Waals surface area contributed by atoms with Gasteiger partial charge in [0, 0.05) is 0 Å². The van der Waals surface area contributed by atoms with Crippen molar-refractivity contribution in [3.05, 3.63) is 18.4 Å². The van der Waals surface area contributed by atoms with Gasteiger partial charge in [-0.25, -0.2) is 0 Å². The van der Waals surface area contributed by atoms with Crippen LogP contribution in [0.2, 0.25) is 0 Å². The fourth-order valence-electron chi connectivity index (χ4n) is 0.214. The highest BCUT2D eigenvalue weighted by Gasteiger charge is 1.85. The zero-order chi connectivity index (χ0) is 5.70. The van der Waals surface area contributed by atoms with Gasteiger partial charge in [-0.1, -0.05) is 6.58 Å². The highest BCUT2D eigenvalue weighted by atomic mass is 14.2. The molecule has 0 saturated heterocycles. The van der Waals surface area contributed by atoms with E-state index < -0.39 is 0 Å². The second-order valence-corrected chi connectivity index (χ2v) is 1.29. The normalized spacial score (nSPS) is 10.9. The summed E-state index contributed by atoms with van der Waals surface area (Å²) in [6.45, 7) is 5.11. The fourth-order valence-corrected chi connectivity index (χ4v) is 0.214. The molecule has 0 N–H and O–H groups in total. The first-order valence-electron chi connectivity index (χ1n) is 2.07. The van der Waals surface area contributed by atoms with E-state index in [1.165, 1.54) is 0 Å². The lowest BCUT2D eigenvalue weighted by molar-refractivity contribution is 0.959. The Balaban J connectivity index is 3.64. The number of nitrogens with zero attached hydrogens (tertiary/aromatic N) is 1. The predicted octanol–water partition coefficient (Wildman–Crippen LogP) is 1.49. The zero-order valence-electron chi connectivity index (χ0n) is 4.31. The molecule has 0 aliphatic heterocycles. The lowest BCUT2D eigenvalue weighted by atomic mass is 10.2. The van der Waals surface area contributed by atoms with Gasteiger partial charge in [-0.2, -0.15) is 5.26 Å². The second-order valence-electron chi connectivity index (χ2n) is 1.29. The highest BCUT2D eigenvalue weighted by molar-refractivity contribution is 4.94. The van der Waals surface area contributed by atoms with Crippen LogP contribution in [0.3, 0.4) is 0 Å². The maximum Gasteiger partial charge on any atom is 0.0701 e. The Morgan fingerprint density at radius 3 is 2.57 bits per heavy atom. The van der Waals surface area contributed by atoms with E-state index in [2.05, 4.69) is 12.3 Å². The van der Waals surface area contributed by atoms with Crippen molar-refractivity contribution in [1.29, 1.82) is 5.26 Å². The monoisotopic (exact) mass is 93.1 g/mol. The Morgan fingerprint density at radius 1 is 1.86 bits per heavy atom. The van der Waals surface area contributed by atoms with Crippen molar-refractivity contribution in [2.75, 3.05) is 0 Å². The van der Waals surface area contributed by atoms with E-state index in [-0.39, 0.29) is 5.92 Å². The molecule has 0 aliphatic rings. The van der Waals surface area contributed by atoms with Crippen molar-refractivity contribution in [1.82, 2.24) is 0 Å². The molecule has 0 bridgehead atoms. The van der Waals surface area contributed by atoms with Gasteiger partial charge in [-0.15, -0.1) is 5.73 Å². The maximum atomic E-state index is 8.12. The zero-order valence-corrected chi connectivity index (χ0v) is 4.31. The standard InChI is InChI=1S/C6H7N/c1-3-4-6(2)5-7/h4,6H,1H2,2H3. The minimum absolute atomic E-state index is 0.0440.